The Labute approximate surface area is 114 Å². The van der Waals surface area contributed by atoms with Crippen molar-refractivity contribution in [3.63, 3.8) is 0 Å². The van der Waals surface area contributed by atoms with Crippen LogP contribution in [0.15, 0.2) is 12.1 Å². The van der Waals surface area contributed by atoms with Crippen LogP contribution in [-0.4, -0.2) is 46.3 Å². The standard InChI is InChI=1S/C12H14N2O6/c1-6-7(12(19)20-2)3-4-9(13-6)14-8(11(17)18)5-10(15)16/h3-4,8H,5H2,1-2H3,(H,13,14)(H,15,16)(H,17,18). The Morgan fingerprint density at radius 2 is 2.00 bits per heavy atom. The molecule has 8 heteroatoms. The Balaban J connectivity index is 2.92. The maximum absolute atomic E-state index is 11.4. The monoisotopic (exact) mass is 282 g/mol. The number of pyridine rings is 1. The average Bonchev–Trinajstić information content (AvgIpc) is 2.36. The molecule has 0 aliphatic heterocycles. The third-order valence-corrected chi connectivity index (χ3v) is 2.49. The molecule has 0 saturated heterocycles. The van der Waals surface area contributed by atoms with E-state index in [9.17, 15) is 14.4 Å². The van der Waals surface area contributed by atoms with Crippen molar-refractivity contribution in [1.29, 1.82) is 0 Å². The number of aryl methyl sites for hydroxylation is 1. The van der Waals surface area contributed by atoms with Crippen LogP contribution in [-0.2, 0) is 14.3 Å². The zero-order valence-corrected chi connectivity index (χ0v) is 10.9. The lowest BCUT2D eigenvalue weighted by Crippen LogP contribution is -2.32. The lowest BCUT2D eigenvalue weighted by Gasteiger charge is -2.14. The van der Waals surface area contributed by atoms with Crippen molar-refractivity contribution in [1.82, 2.24) is 4.98 Å². The van der Waals surface area contributed by atoms with Crippen LogP contribution in [0.25, 0.3) is 0 Å². The Bertz CT molecular complexity index is 543. The van der Waals surface area contributed by atoms with E-state index in [2.05, 4.69) is 15.0 Å². The van der Waals surface area contributed by atoms with Crippen molar-refractivity contribution < 1.29 is 29.3 Å². The predicted molar refractivity (Wildman–Crippen MR) is 67.6 cm³/mol. The van der Waals surface area contributed by atoms with Gasteiger partial charge in [-0.2, -0.15) is 0 Å². The number of carbonyl (C=O) groups is 3. The lowest BCUT2D eigenvalue weighted by molar-refractivity contribution is -0.144. The molecule has 0 saturated carbocycles. The largest absolute Gasteiger partial charge is 0.481 e. The van der Waals surface area contributed by atoms with Crippen LogP contribution < -0.4 is 5.32 Å². The first-order chi connectivity index (χ1) is 9.35. The topological polar surface area (TPSA) is 126 Å². The highest BCUT2D eigenvalue weighted by Crippen LogP contribution is 2.13. The molecule has 8 nitrogen and oxygen atoms in total. The molecule has 1 aromatic heterocycles. The zero-order chi connectivity index (χ0) is 15.3. The normalized spacial score (nSPS) is 11.5. The van der Waals surface area contributed by atoms with Gasteiger partial charge in [0.05, 0.1) is 24.8 Å². The molecule has 1 atom stereocenters. The number of hydrogen-bond donors (Lipinski definition) is 3. The SMILES string of the molecule is COC(=O)c1ccc(NC(CC(=O)O)C(=O)O)nc1C. The van der Waals surface area contributed by atoms with Gasteiger partial charge in [-0.25, -0.2) is 14.6 Å². The van der Waals surface area contributed by atoms with E-state index >= 15 is 0 Å². The summed E-state index contributed by atoms with van der Waals surface area (Å²) >= 11 is 0. The summed E-state index contributed by atoms with van der Waals surface area (Å²) in [6.45, 7) is 1.56. The van der Waals surface area contributed by atoms with Crippen molar-refractivity contribution in [2.45, 2.75) is 19.4 Å². The number of aliphatic carboxylic acids is 2. The Kier molecular flexibility index (Phi) is 5.01. The second-order valence-electron chi connectivity index (χ2n) is 3.95. The van der Waals surface area contributed by atoms with Crippen LogP contribution in [0.1, 0.15) is 22.5 Å². The second kappa shape index (κ2) is 6.50. The van der Waals surface area contributed by atoms with Gasteiger partial charge in [-0.15, -0.1) is 0 Å². The maximum Gasteiger partial charge on any atom is 0.339 e. The molecule has 1 unspecified atom stereocenters. The minimum Gasteiger partial charge on any atom is -0.481 e. The number of methoxy groups -OCH3 is 1. The van der Waals surface area contributed by atoms with Crippen LogP contribution in [0.3, 0.4) is 0 Å². The maximum atomic E-state index is 11.4. The van der Waals surface area contributed by atoms with E-state index < -0.39 is 30.4 Å². The number of hydrogen-bond acceptors (Lipinski definition) is 6. The number of rotatable bonds is 6. The van der Waals surface area contributed by atoms with Gasteiger partial charge in [0.1, 0.15) is 11.9 Å². The first-order valence-corrected chi connectivity index (χ1v) is 5.62. The molecule has 1 rings (SSSR count). The summed E-state index contributed by atoms with van der Waals surface area (Å²) in [5.74, 6) is -2.93. The Hall–Kier alpha value is -2.64. The lowest BCUT2D eigenvalue weighted by atomic mass is 10.2. The summed E-state index contributed by atoms with van der Waals surface area (Å²) < 4.78 is 4.56. The fourth-order valence-electron chi connectivity index (χ4n) is 1.52. The van der Waals surface area contributed by atoms with Crippen molar-refractivity contribution >= 4 is 23.7 Å². The molecule has 20 heavy (non-hydrogen) atoms. The van der Waals surface area contributed by atoms with E-state index in [1.807, 2.05) is 0 Å². The van der Waals surface area contributed by atoms with Crippen LogP contribution in [0.2, 0.25) is 0 Å². The third kappa shape index (κ3) is 3.94. The number of carboxylic acid groups (broad SMARTS) is 2. The quantitative estimate of drug-likeness (QED) is 0.644. The molecule has 0 spiro atoms. The molecule has 0 aromatic carbocycles. The summed E-state index contributed by atoms with van der Waals surface area (Å²) in [7, 11) is 1.24. The van der Waals surface area contributed by atoms with Crippen molar-refractivity contribution in [3.05, 3.63) is 23.4 Å². The van der Waals surface area contributed by atoms with Gasteiger partial charge >= 0.3 is 17.9 Å². The van der Waals surface area contributed by atoms with Gasteiger partial charge in [0.25, 0.3) is 0 Å². The molecule has 0 aliphatic carbocycles. The molecular weight excluding hydrogens is 268 g/mol. The predicted octanol–water partition coefficient (Wildman–Crippen LogP) is 0.516. The molecule has 1 aromatic rings. The number of carboxylic acids is 2. The van der Waals surface area contributed by atoms with Gasteiger partial charge in [0.2, 0.25) is 0 Å². The zero-order valence-electron chi connectivity index (χ0n) is 10.9. The van der Waals surface area contributed by atoms with Crippen molar-refractivity contribution in [3.8, 4) is 0 Å². The minimum atomic E-state index is -1.30. The fourth-order valence-corrected chi connectivity index (χ4v) is 1.52. The average molecular weight is 282 g/mol. The van der Waals surface area contributed by atoms with E-state index in [0.29, 0.717) is 5.69 Å². The second-order valence-corrected chi connectivity index (χ2v) is 3.95. The fraction of sp³-hybridized carbons (Fsp3) is 0.333. The molecule has 0 fully saturated rings. The molecule has 0 amide bonds. The van der Waals surface area contributed by atoms with Gasteiger partial charge in [0, 0.05) is 0 Å². The molecule has 1 heterocycles. The van der Waals surface area contributed by atoms with E-state index in [1.165, 1.54) is 19.2 Å². The molecule has 3 N–H and O–H groups in total. The van der Waals surface area contributed by atoms with Crippen molar-refractivity contribution in [2.75, 3.05) is 12.4 Å². The molecule has 0 bridgehead atoms. The first-order valence-electron chi connectivity index (χ1n) is 5.62. The molecule has 0 aliphatic rings. The summed E-state index contributed by atoms with van der Waals surface area (Å²) in [6, 6.07) is 1.51. The summed E-state index contributed by atoms with van der Waals surface area (Å²) in [6.07, 6.45) is -0.588. The number of esters is 1. The minimum absolute atomic E-state index is 0.170. The van der Waals surface area contributed by atoms with E-state index in [0.717, 1.165) is 0 Å². The van der Waals surface area contributed by atoms with E-state index in [-0.39, 0.29) is 11.4 Å². The molecular formula is C12H14N2O6. The number of anilines is 1. The van der Waals surface area contributed by atoms with Crippen molar-refractivity contribution in [2.24, 2.45) is 0 Å². The van der Waals surface area contributed by atoms with Gasteiger partial charge in [-0.05, 0) is 19.1 Å². The summed E-state index contributed by atoms with van der Waals surface area (Å²) in [4.78, 5) is 36.9. The van der Waals surface area contributed by atoms with Gasteiger partial charge < -0.3 is 20.3 Å². The first kappa shape index (κ1) is 15.4. The van der Waals surface area contributed by atoms with Crippen LogP contribution in [0.4, 0.5) is 5.82 Å². The Morgan fingerprint density at radius 1 is 1.35 bits per heavy atom. The van der Waals surface area contributed by atoms with Gasteiger partial charge in [0.15, 0.2) is 0 Å². The van der Waals surface area contributed by atoms with Crippen LogP contribution in [0.5, 0.6) is 0 Å². The Morgan fingerprint density at radius 3 is 2.45 bits per heavy atom. The number of aromatic nitrogens is 1. The van der Waals surface area contributed by atoms with E-state index in [1.54, 1.807) is 6.92 Å². The van der Waals surface area contributed by atoms with E-state index in [4.69, 9.17) is 10.2 Å². The highest BCUT2D eigenvalue weighted by atomic mass is 16.5. The number of ether oxygens (including phenoxy) is 1. The highest BCUT2D eigenvalue weighted by Gasteiger charge is 2.21. The summed E-state index contributed by atoms with van der Waals surface area (Å²) in [5, 5.41) is 20.0. The molecule has 108 valence electrons. The van der Waals surface area contributed by atoms with Gasteiger partial charge in [-0.1, -0.05) is 0 Å². The summed E-state index contributed by atoms with van der Waals surface area (Å²) in [5.41, 5.74) is 0.601. The molecule has 0 radical (unpaired) electrons. The number of nitrogens with zero attached hydrogens (tertiary/aromatic N) is 1. The number of carbonyl (C=O) groups excluding carboxylic acids is 1. The highest BCUT2D eigenvalue weighted by molar-refractivity contribution is 5.90. The third-order valence-electron chi connectivity index (χ3n) is 2.49. The number of nitrogens with one attached hydrogen (secondary N) is 1. The smallest absolute Gasteiger partial charge is 0.339 e. The van der Waals surface area contributed by atoms with Crippen LogP contribution >= 0.6 is 0 Å². The van der Waals surface area contributed by atoms with Crippen LogP contribution in [0, 0.1) is 6.92 Å². The van der Waals surface area contributed by atoms with Gasteiger partial charge in [-0.3, -0.25) is 4.79 Å².